The third-order valence-electron chi connectivity index (χ3n) is 5.34. The van der Waals surface area contributed by atoms with Crippen LogP contribution in [-0.4, -0.2) is 40.3 Å². The molecule has 2 N–H and O–H groups in total. The fraction of sp³-hybridized carbons (Fsp3) is 0.550. The number of hydrogen-bond acceptors (Lipinski definition) is 9. The lowest BCUT2D eigenvalue weighted by Gasteiger charge is -2.07. The SMILES string of the molecule is CCOC(=O)c1c(NC(=O)CSc2nnc(NC(=O)C3CCCC3)s2)sc2c1CCC2. The number of ether oxygens (including phenoxy) is 1. The highest BCUT2D eigenvalue weighted by Gasteiger charge is 2.28. The summed E-state index contributed by atoms with van der Waals surface area (Å²) in [6, 6.07) is 0. The number of thiophene rings is 1. The number of carbonyl (C=O) groups is 3. The maximum absolute atomic E-state index is 12.5. The summed E-state index contributed by atoms with van der Waals surface area (Å²) in [4.78, 5) is 38.3. The predicted molar refractivity (Wildman–Crippen MR) is 122 cm³/mol. The zero-order valence-corrected chi connectivity index (χ0v) is 19.6. The zero-order valence-electron chi connectivity index (χ0n) is 17.2. The van der Waals surface area contributed by atoms with Crippen molar-refractivity contribution < 1.29 is 19.1 Å². The average molecular weight is 481 g/mol. The average Bonchev–Trinajstić information content (AvgIpc) is 3.51. The number of thioether (sulfide) groups is 1. The van der Waals surface area contributed by atoms with Crippen molar-refractivity contribution in [1.29, 1.82) is 0 Å². The minimum Gasteiger partial charge on any atom is -0.462 e. The molecule has 0 aliphatic heterocycles. The molecule has 0 spiro atoms. The molecule has 31 heavy (non-hydrogen) atoms. The lowest BCUT2D eigenvalue weighted by Crippen LogP contribution is -2.20. The summed E-state index contributed by atoms with van der Waals surface area (Å²) < 4.78 is 5.80. The van der Waals surface area contributed by atoms with E-state index in [-0.39, 0.29) is 29.5 Å². The first-order valence-electron chi connectivity index (χ1n) is 10.4. The first kappa shape index (κ1) is 22.2. The van der Waals surface area contributed by atoms with Gasteiger partial charge in [-0.05, 0) is 44.6 Å². The van der Waals surface area contributed by atoms with E-state index in [9.17, 15) is 14.4 Å². The Labute approximate surface area is 192 Å². The maximum atomic E-state index is 12.5. The van der Waals surface area contributed by atoms with E-state index in [2.05, 4.69) is 20.8 Å². The Balaban J connectivity index is 1.32. The molecule has 0 aromatic carbocycles. The molecule has 0 radical (unpaired) electrons. The molecular weight excluding hydrogens is 456 g/mol. The highest BCUT2D eigenvalue weighted by molar-refractivity contribution is 8.01. The van der Waals surface area contributed by atoms with E-state index in [1.54, 1.807) is 6.92 Å². The van der Waals surface area contributed by atoms with Crippen molar-refractivity contribution >= 4 is 62.4 Å². The van der Waals surface area contributed by atoms with E-state index in [4.69, 9.17) is 4.74 Å². The summed E-state index contributed by atoms with van der Waals surface area (Å²) >= 11 is 3.97. The number of rotatable bonds is 8. The Kier molecular flexibility index (Phi) is 7.24. The van der Waals surface area contributed by atoms with Crippen molar-refractivity contribution in [1.82, 2.24) is 10.2 Å². The lowest BCUT2D eigenvalue weighted by molar-refractivity contribution is -0.119. The largest absolute Gasteiger partial charge is 0.462 e. The highest BCUT2D eigenvalue weighted by atomic mass is 32.2. The van der Waals surface area contributed by atoms with Gasteiger partial charge in [0.05, 0.1) is 17.9 Å². The van der Waals surface area contributed by atoms with E-state index in [0.717, 1.165) is 55.4 Å². The van der Waals surface area contributed by atoms with Gasteiger partial charge >= 0.3 is 5.97 Å². The van der Waals surface area contributed by atoms with Crippen molar-refractivity contribution in [2.45, 2.75) is 56.2 Å². The molecule has 2 aromatic heterocycles. The molecule has 2 aromatic rings. The fourth-order valence-electron chi connectivity index (χ4n) is 3.92. The second kappa shape index (κ2) is 10.1. The van der Waals surface area contributed by atoms with Crippen LogP contribution in [0.5, 0.6) is 0 Å². The minimum atomic E-state index is -0.378. The van der Waals surface area contributed by atoms with E-state index in [1.165, 1.54) is 34.4 Å². The van der Waals surface area contributed by atoms with Gasteiger partial charge in [0.25, 0.3) is 0 Å². The second-order valence-corrected chi connectivity index (χ2v) is 10.8. The van der Waals surface area contributed by atoms with E-state index in [1.807, 2.05) is 0 Å². The molecule has 2 amide bonds. The van der Waals surface area contributed by atoms with Gasteiger partial charge in [0.15, 0.2) is 4.34 Å². The van der Waals surface area contributed by atoms with Crippen LogP contribution >= 0.6 is 34.4 Å². The zero-order chi connectivity index (χ0) is 21.8. The van der Waals surface area contributed by atoms with Gasteiger partial charge in [-0.25, -0.2) is 4.79 Å². The quantitative estimate of drug-likeness (QED) is 0.332. The van der Waals surface area contributed by atoms with Crippen LogP contribution in [0.3, 0.4) is 0 Å². The third-order valence-corrected chi connectivity index (χ3v) is 8.52. The number of carbonyl (C=O) groups excluding carboxylic acids is 3. The van der Waals surface area contributed by atoms with Gasteiger partial charge in [0.2, 0.25) is 16.9 Å². The number of anilines is 2. The summed E-state index contributed by atoms with van der Waals surface area (Å²) in [7, 11) is 0. The Morgan fingerprint density at radius 3 is 2.68 bits per heavy atom. The van der Waals surface area contributed by atoms with E-state index >= 15 is 0 Å². The smallest absolute Gasteiger partial charge is 0.341 e. The van der Waals surface area contributed by atoms with Gasteiger partial charge < -0.3 is 15.4 Å². The number of nitrogens with zero attached hydrogens (tertiary/aromatic N) is 2. The number of aryl methyl sites for hydroxylation is 1. The van der Waals surface area contributed by atoms with Gasteiger partial charge in [0, 0.05) is 10.8 Å². The molecular formula is C20H24N4O4S3. The summed E-state index contributed by atoms with van der Waals surface area (Å²) in [5.74, 6) is -0.401. The number of hydrogen-bond donors (Lipinski definition) is 2. The molecule has 1 fully saturated rings. The van der Waals surface area contributed by atoms with Crippen molar-refractivity contribution in [2.24, 2.45) is 5.92 Å². The third kappa shape index (κ3) is 5.27. The van der Waals surface area contributed by atoms with E-state index in [0.29, 0.717) is 26.6 Å². The van der Waals surface area contributed by atoms with Crippen LogP contribution in [0.25, 0.3) is 0 Å². The maximum Gasteiger partial charge on any atom is 0.341 e. The highest BCUT2D eigenvalue weighted by Crippen LogP contribution is 2.39. The molecule has 0 bridgehead atoms. The number of esters is 1. The van der Waals surface area contributed by atoms with E-state index < -0.39 is 0 Å². The molecule has 0 unspecified atom stereocenters. The first-order chi connectivity index (χ1) is 15.0. The van der Waals surface area contributed by atoms with Crippen LogP contribution in [0.2, 0.25) is 0 Å². The predicted octanol–water partition coefficient (Wildman–Crippen LogP) is 4.12. The standard InChI is InChI=1S/C20H24N4O4S3/c1-2-28-18(27)15-12-8-5-9-13(12)30-17(15)21-14(25)10-29-20-24-23-19(31-20)22-16(26)11-6-3-4-7-11/h11H,2-10H2,1H3,(H,21,25)(H,22,23,26). The van der Waals surface area contributed by atoms with Crippen molar-refractivity contribution in [3.05, 3.63) is 16.0 Å². The first-order valence-corrected chi connectivity index (χ1v) is 13.1. The van der Waals surface area contributed by atoms with Crippen molar-refractivity contribution in [3.8, 4) is 0 Å². The van der Waals surface area contributed by atoms with Gasteiger partial charge in [-0.3, -0.25) is 9.59 Å². The molecule has 2 heterocycles. The second-order valence-electron chi connectivity index (χ2n) is 7.46. The van der Waals surface area contributed by atoms with Crippen LogP contribution in [0, 0.1) is 5.92 Å². The summed E-state index contributed by atoms with van der Waals surface area (Å²) in [6.07, 6.45) is 6.82. The van der Waals surface area contributed by atoms with Crippen molar-refractivity contribution in [3.63, 3.8) is 0 Å². The molecule has 8 nitrogen and oxygen atoms in total. The molecule has 11 heteroatoms. The number of fused-ring (bicyclic) bond motifs is 1. The van der Waals surface area contributed by atoms with Crippen LogP contribution in [0.1, 0.15) is 59.8 Å². The van der Waals surface area contributed by atoms with Crippen LogP contribution < -0.4 is 10.6 Å². The molecule has 166 valence electrons. The van der Waals surface area contributed by atoms with Gasteiger partial charge in [-0.1, -0.05) is 35.9 Å². The molecule has 1 saturated carbocycles. The lowest BCUT2D eigenvalue weighted by atomic mass is 10.1. The Bertz CT molecular complexity index is 981. The van der Waals surface area contributed by atoms with Crippen molar-refractivity contribution in [2.75, 3.05) is 23.0 Å². The summed E-state index contributed by atoms with van der Waals surface area (Å²) in [5.41, 5.74) is 1.52. The molecule has 4 rings (SSSR count). The fourth-order valence-corrected chi connectivity index (χ4v) is 6.76. The molecule has 0 atom stereocenters. The summed E-state index contributed by atoms with van der Waals surface area (Å²) in [5, 5.41) is 14.8. The van der Waals surface area contributed by atoms with Crippen LogP contribution in [0.15, 0.2) is 4.34 Å². The monoisotopic (exact) mass is 480 g/mol. The molecule has 0 saturated heterocycles. The van der Waals surface area contributed by atoms with Crippen LogP contribution in [0.4, 0.5) is 10.1 Å². The Morgan fingerprint density at radius 2 is 1.90 bits per heavy atom. The van der Waals surface area contributed by atoms with Gasteiger partial charge in [-0.15, -0.1) is 21.5 Å². The summed E-state index contributed by atoms with van der Waals surface area (Å²) in [6.45, 7) is 2.06. The topological polar surface area (TPSA) is 110 Å². The number of nitrogens with one attached hydrogen (secondary N) is 2. The number of aromatic nitrogens is 2. The normalized spacial score (nSPS) is 15.6. The Hall–Kier alpha value is -1.98. The number of amides is 2. The van der Waals surface area contributed by atoms with Crippen LogP contribution in [-0.2, 0) is 27.2 Å². The van der Waals surface area contributed by atoms with Gasteiger partial charge in [-0.2, -0.15) is 0 Å². The molecule has 2 aliphatic carbocycles. The van der Waals surface area contributed by atoms with Gasteiger partial charge in [0.1, 0.15) is 5.00 Å². The Morgan fingerprint density at radius 1 is 1.10 bits per heavy atom. The minimum absolute atomic E-state index is 0.000168. The molecule has 2 aliphatic rings.